The number of hydrogen-bond donors (Lipinski definition) is 3. The Hall–Kier alpha value is -4.25. The first kappa shape index (κ1) is 22.9. The fraction of sp³-hybridized carbons (Fsp3) is 0.217. The summed E-state index contributed by atoms with van der Waals surface area (Å²) in [6.45, 7) is 1.72. The summed E-state index contributed by atoms with van der Waals surface area (Å²) in [4.78, 5) is 40.8. The van der Waals surface area contributed by atoms with Gasteiger partial charge in [0, 0.05) is 57.4 Å². The maximum atomic E-state index is 14.6. The van der Waals surface area contributed by atoms with Crippen molar-refractivity contribution in [3.63, 3.8) is 0 Å². The number of aromatic nitrogens is 2. The van der Waals surface area contributed by atoms with Gasteiger partial charge in [0.2, 0.25) is 0 Å². The first-order chi connectivity index (χ1) is 16.5. The number of nitrogens with one attached hydrogen (secondary N) is 1. The van der Waals surface area contributed by atoms with Crippen LogP contribution >= 0.6 is 0 Å². The van der Waals surface area contributed by atoms with Crippen LogP contribution in [0.4, 0.5) is 10.2 Å². The fourth-order valence-electron chi connectivity index (χ4n) is 4.05. The van der Waals surface area contributed by atoms with Gasteiger partial charge in [0.1, 0.15) is 5.84 Å². The van der Waals surface area contributed by atoms with Crippen molar-refractivity contribution < 1.29 is 14.0 Å². The number of aliphatic imine (C=N–C) groups is 1. The van der Waals surface area contributed by atoms with Gasteiger partial charge in [0.15, 0.2) is 11.6 Å². The average molecular weight is 465 g/mol. The number of hydrazine groups is 1. The molecule has 1 fully saturated rings. The topological polar surface area (TPSA) is 137 Å². The minimum absolute atomic E-state index is 0.0488. The zero-order chi connectivity index (χ0) is 24.2. The number of fused-ring (bicyclic) bond motifs is 1. The van der Waals surface area contributed by atoms with Crippen LogP contribution in [-0.2, 0) is 4.79 Å². The molecule has 0 bridgehead atoms. The number of piperazine rings is 1. The van der Waals surface area contributed by atoms with E-state index >= 15 is 0 Å². The maximum absolute atomic E-state index is 14.6. The second-order valence-electron chi connectivity index (χ2n) is 7.65. The molecule has 176 valence electrons. The van der Waals surface area contributed by atoms with Gasteiger partial charge in [-0.25, -0.2) is 15.2 Å². The highest BCUT2D eigenvalue weighted by Gasteiger charge is 2.31. The molecule has 1 saturated heterocycles. The van der Waals surface area contributed by atoms with Gasteiger partial charge < -0.3 is 20.5 Å². The lowest BCUT2D eigenvalue weighted by Crippen LogP contribution is -2.52. The highest BCUT2D eigenvalue weighted by Crippen LogP contribution is 2.28. The molecule has 0 unspecified atom stereocenters. The smallest absolute Gasteiger partial charge is 0.295 e. The molecule has 3 aromatic rings. The number of nitrogens with two attached hydrogens (primary N) is 2. The van der Waals surface area contributed by atoms with E-state index in [1.54, 1.807) is 7.05 Å². The zero-order valence-electron chi connectivity index (χ0n) is 18.6. The molecule has 34 heavy (non-hydrogen) atoms. The molecule has 10 nitrogen and oxygen atoms in total. The van der Waals surface area contributed by atoms with Gasteiger partial charge in [0.05, 0.1) is 22.7 Å². The molecule has 0 radical (unpaired) electrons. The molecular weight excluding hydrogens is 439 g/mol. The number of aromatic amines is 1. The molecule has 0 atom stereocenters. The molecule has 5 N–H and O–H groups in total. The van der Waals surface area contributed by atoms with Gasteiger partial charge in [-0.3, -0.25) is 19.6 Å². The maximum Gasteiger partial charge on any atom is 0.295 e. The van der Waals surface area contributed by atoms with E-state index in [4.69, 9.17) is 11.6 Å². The highest BCUT2D eigenvalue weighted by molar-refractivity contribution is 6.45. The Morgan fingerprint density at radius 3 is 2.50 bits per heavy atom. The number of anilines is 1. The molecular formula is C23H25FN8O2. The third-order valence-electron chi connectivity index (χ3n) is 5.68. The van der Waals surface area contributed by atoms with Crippen molar-refractivity contribution in [2.24, 2.45) is 16.6 Å². The van der Waals surface area contributed by atoms with Crippen LogP contribution in [0.15, 0.2) is 60.1 Å². The van der Waals surface area contributed by atoms with Crippen LogP contribution in [0.2, 0.25) is 0 Å². The van der Waals surface area contributed by atoms with Crippen molar-refractivity contribution in [2.75, 3.05) is 38.2 Å². The van der Waals surface area contributed by atoms with E-state index in [2.05, 4.69) is 19.9 Å². The Bertz CT molecular complexity index is 1260. The summed E-state index contributed by atoms with van der Waals surface area (Å²) >= 11 is 0. The standard InChI is InChI=1S/C23H25FN8O2/c1-27-21(15-5-3-2-4-6-15)30-9-11-31(12-10-30)23(34)20(33)16-13-28-19-18(16)17(24)14-29-22(19)32(26)8-7-25/h2-8,13-14,28H,9-12,25-26H2,1H3/b8-7-,27-21?. The van der Waals surface area contributed by atoms with Crippen LogP contribution in [0.1, 0.15) is 15.9 Å². The summed E-state index contributed by atoms with van der Waals surface area (Å²) in [5.41, 5.74) is 6.45. The summed E-state index contributed by atoms with van der Waals surface area (Å²) in [6, 6.07) is 9.77. The third-order valence-corrected chi connectivity index (χ3v) is 5.68. The summed E-state index contributed by atoms with van der Waals surface area (Å²) in [7, 11) is 1.73. The van der Waals surface area contributed by atoms with Gasteiger partial charge in [-0.1, -0.05) is 30.3 Å². The first-order valence-electron chi connectivity index (χ1n) is 10.6. The van der Waals surface area contributed by atoms with Crippen molar-refractivity contribution >= 4 is 34.2 Å². The predicted octanol–water partition coefficient (Wildman–Crippen LogP) is 1.22. The lowest BCUT2D eigenvalue weighted by molar-refractivity contribution is -0.127. The largest absolute Gasteiger partial charge is 0.403 e. The van der Waals surface area contributed by atoms with Crippen LogP contribution in [0.3, 0.4) is 0 Å². The van der Waals surface area contributed by atoms with Crippen LogP contribution in [-0.4, -0.2) is 70.5 Å². The number of benzene rings is 1. The van der Waals surface area contributed by atoms with Gasteiger partial charge in [0.25, 0.3) is 11.7 Å². The number of hydrogen-bond acceptors (Lipinski definition) is 7. The van der Waals surface area contributed by atoms with Crippen LogP contribution in [0, 0.1) is 5.82 Å². The number of ketones is 1. The fourth-order valence-corrected chi connectivity index (χ4v) is 4.05. The Kier molecular flexibility index (Phi) is 6.55. The van der Waals surface area contributed by atoms with Crippen LogP contribution in [0.5, 0.6) is 0 Å². The highest BCUT2D eigenvalue weighted by atomic mass is 19.1. The number of carbonyl (C=O) groups is 2. The molecule has 1 aliphatic rings. The Labute approximate surface area is 195 Å². The lowest BCUT2D eigenvalue weighted by Gasteiger charge is -2.36. The zero-order valence-corrected chi connectivity index (χ0v) is 18.6. The van der Waals surface area contributed by atoms with E-state index in [0.717, 1.165) is 22.6 Å². The molecule has 1 aromatic carbocycles. The summed E-state index contributed by atoms with van der Waals surface area (Å²) in [6.07, 6.45) is 4.77. The van der Waals surface area contributed by atoms with Gasteiger partial charge >= 0.3 is 0 Å². The van der Waals surface area contributed by atoms with E-state index in [0.29, 0.717) is 26.2 Å². The third kappa shape index (κ3) is 4.20. The number of nitrogens with zero attached hydrogens (tertiary/aromatic N) is 5. The van der Waals surface area contributed by atoms with Gasteiger partial charge in [-0.15, -0.1) is 0 Å². The number of carbonyl (C=O) groups excluding carboxylic acids is 2. The number of amides is 1. The van der Waals surface area contributed by atoms with Crippen molar-refractivity contribution in [3.8, 4) is 0 Å². The number of amidine groups is 1. The monoisotopic (exact) mass is 464 g/mol. The van der Waals surface area contributed by atoms with Crippen molar-refractivity contribution in [1.82, 2.24) is 19.8 Å². The predicted molar refractivity (Wildman–Crippen MR) is 127 cm³/mol. The van der Waals surface area contributed by atoms with E-state index in [9.17, 15) is 14.0 Å². The Balaban J connectivity index is 1.52. The number of rotatable bonds is 5. The molecule has 1 amide bonds. The van der Waals surface area contributed by atoms with E-state index in [1.807, 2.05) is 30.3 Å². The van der Waals surface area contributed by atoms with Gasteiger partial charge in [-0.2, -0.15) is 0 Å². The molecule has 0 aliphatic carbocycles. The number of pyridine rings is 1. The van der Waals surface area contributed by atoms with E-state index < -0.39 is 17.5 Å². The normalized spacial score (nSPS) is 14.7. The molecule has 2 aromatic heterocycles. The first-order valence-corrected chi connectivity index (χ1v) is 10.6. The second-order valence-corrected chi connectivity index (χ2v) is 7.65. The van der Waals surface area contributed by atoms with Crippen LogP contribution in [0.25, 0.3) is 10.9 Å². The minimum atomic E-state index is -0.805. The summed E-state index contributed by atoms with van der Waals surface area (Å²) < 4.78 is 14.6. The Morgan fingerprint density at radius 2 is 1.85 bits per heavy atom. The van der Waals surface area contributed by atoms with E-state index in [1.165, 1.54) is 23.5 Å². The molecule has 0 saturated carbocycles. The second kappa shape index (κ2) is 9.71. The number of H-pyrrole nitrogens is 1. The lowest BCUT2D eigenvalue weighted by atomic mass is 10.1. The SMILES string of the molecule is CN=C(c1ccccc1)N1CCN(C(=O)C(=O)c2c[nH]c3c(N(N)/C=C\N)ncc(F)c23)CC1. The van der Waals surface area contributed by atoms with Crippen molar-refractivity contribution in [3.05, 3.63) is 72.1 Å². The quantitative estimate of drug-likeness (QED) is 0.129. The molecule has 1 aliphatic heterocycles. The molecule has 0 spiro atoms. The number of halogens is 1. The minimum Gasteiger partial charge on any atom is -0.403 e. The molecule has 3 heterocycles. The van der Waals surface area contributed by atoms with Crippen LogP contribution < -0.4 is 16.6 Å². The molecule has 4 rings (SSSR count). The van der Waals surface area contributed by atoms with Crippen molar-refractivity contribution in [2.45, 2.75) is 0 Å². The average Bonchev–Trinajstić information content (AvgIpc) is 3.31. The molecule has 11 heteroatoms. The van der Waals surface area contributed by atoms with Gasteiger partial charge in [-0.05, 0) is 0 Å². The Morgan fingerprint density at radius 1 is 1.18 bits per heavy atom. The van der Waals surface area contributed by atoms with Crippen molar-refractivity contribution in [1.29, 1.82) is 0 Å². The van der Waals surface area contributed by atoms with E-state index in [-0.39, 0.29) is 22.3 Å². The summed E-state index contributed by atoms with van der Waals surface area (Å²) in [5, 5.41) is 1.04. The summed E-state index contributed by atoms with van der Waals surface area (Å²) in [5.74, 6) is 4.61. The number of Topliss-reactive ketones (excluding diaryl/α,β-unsaturated/α-hetero) is 1.